The summed E-state index contributed by atoms with van der Waals surface area (Å²) in [4.78, 5) is 28.3. The molecule has 2 N–H and O–H groups in total. The van der Waals surface area contributed by atoms with Gasteiger partial charge in [0.25, 0.3) is 10.0 Å². The minimum atomic E-state index is -4.28. The summed E-state index contributed by atoms with van der Waals surface area (Å²) >= 11 is 0. The topological polar surface area (TPSA) is 118 Å². The maximum atomic E-state index is 13.7. The number of nitrogens with zero attached hydrogens (tertiary/aromatic N) is 1. The highest BCUT2D eigenvalue weighted by Gasteiger charge is 2.29. The van der Waals surface area contributed by atoms with Gasteiger partial charge in [0.05, 0.1) is 18.3 Å². The lowest BCUT2D eigenvalue weighted by molar-refractivity contribution is -0.120. The van der Waals surface area contributed by atoms with Crippen molar-refractivity contribution >= 4 is 27.6 Å². The van der Waals surface area contributed by atoms with Crippen LogP contribution in [0.25, 0.3) is 11.3 Å². The van der Waals surface area contributed by atoms with E-state index in [1.807, 2.05) is 37.3 Å². The van der Waals surface area contributed by atoms with Gasteiger partial charge in [0.1, 0.15) is 17.6 Å². The van der Waals surface area contributed by atoms with Gasteiger partial charge in [0.15, 0.2) is 0 Å². The molecule has 0 spiro atoms. The molecule has 0 saturated heterocycles. The van der Waals surface area contributed by atoms with Crippen LogP contribution in [0.1, 0.15) is 20.9 Å². The Morgan fingerprint density at radius 1 is 0.975 bits per heavy atom. The molecule has 10 heteroatoms. The number of carbonyl (C=O) groups excluding carboxylic acids is 2. The van der Waals surface area contributed by atoms with Gasteiger partial charge in [-0.1, -0.05) is 42.5 Å². The first-order chi connectivity index (χ1) is 19.2. The van der Waals surface area contributed by atoms with E-state index in [0.717, 1.165) is 5.56 Å². The molecule has 0 aliphatic rings. The number of hydrogen-bond donors (Lipinski definition) is 2. The molecule has 0 aliphatic carbocycles. The van der Waals surface area contributed by atoms with Crippen molar-refractivity contribution < 1.29 is 30.0 Å². The third kappa shape index (κ3) is 6.52. The van der Waals surface area contributed by atoms with Crippen molar-refractivity contribution in [1.82, 2.24) is 10.0 Å². The molecule has 9 nitrogen and oxygen atoms in total. The van der Waals surface area contributed by atoms with Crippen molar-refractivity contribution in [3.8, 4) is 17.1 Å². The Kier molecular flexibility index (Phi) is 8.90. The second-order valence-electron chi connectivity index (χ2n) is 9.01. The molecule has 3 amide bonds. The fraction of sp³-hybridized carbons (Fsp3) is 0.200. The summed E-state index contributed by atoms with van der Waals surface area (Å²) in [6.07, 6.45) is 1.66. The van der Waals surface area contributed by atoms with Crippen molar-refractivity contribution in [3.05, 3.63) is 102 Å². The molecule has 0 unspecified atom stereocenters. The molecular weight excluding hydrogens is 530 g/mol. The van der Waals surface area contributed by atoms with E-state index in [1.54, 1.807) is 62.6 Å². The van der Waals surface area contributed by atoms with Gasteiger partial charge in [-0.25, -0.2) is 17.9 Å². The first-order valence-corrected chi connectivity index (χ1v) is 14.2. The Bertz CT molecular complexity index is 1560. The summed E-state index contributed by atoms with van der Waals surface area (Å²) in [5.41, 5.74) is 2.43. The number of urea groups is 1. The maximum Gasteiger partial charge on any atom is 0.329 e. The highest BCUT2D eigenvalue weighted by atomic mass is 32.2. The third-order valence-electron chi connectivity index (χ3n) is 6.44. The van der Waals surface area contributed by atoms with Crippen molar-refractivity contribution in [2.75, 3.05) is 18.6 Å². The lowest BCUT2D eigenvalue weighted by atomic mass is 10.0. The highest BCUT2D eigenvalue weighted by Crippen LogP contribution is 2.28. The summed E-state index contributed by atoms with van der Waals surface area (Å²) < 4.78 is 39.2. The number of rotatable bonds is 10. The lowest BCUT2D eigenvalue weighted by Gasteiger charge is -2.27. The Morgan fingerprint density at radius 3 is 2.33 bits per heavy atom. The third-order valence-corrected chi connectivity index (χ3v) is 7.92. The van der Waals surface area contributed by atoms with Crippen molar-refractivity contribution in [2.45, 2.75) is 31.2 Å². The first kappa shape index (κ1) is 28.4. The number of furan rings is 1. The average Bonchev–Trinajstić information content (AvgIpc) is 3.48. The van der Waals surface area contributed by atoms with E-state index in [9.17, 15) is 18.0 Å². The number of hydrogen-bond acceptors (Lipinski definition) is 6. The van der Waals surface area contributed by atoms with Gasteiger partial charge in [-0.2, -0.15) is 0 Å². The Balaban J connectivity index is 0.00000308. The zero-order valence-corrected chi connectivity index (χ0v) is 23.3. The van der Waals surface area contributed by atoms with Crippen LogP contribution in [0.15, 0.2) is 101 Å². The molecular formula is C30H35N3O6S. The number of benzene rings is 3. The van der Waals surface area contributed by atoms with Crippen LogP contribution in [-0.2, 0) is 21.2 Å². The fourth-order valence-corrected chi connectivity index (χ4v) is 5.62. The predicted molar refractivity (Wildman–Crippen MR) is 157 cm³/mol. The van der Waals surface area contributed by atoms with Crippen LogP contribution < -0.4 is 19.7 Å². The number of likely N-dealkylation sites (N-methyl/N-ethyl adjacent to an activating group) is 1. The van der Waals surface area contributed by atoms with E-state index in [1.165, 1.54) is 17.2 Å². The van der Waals surface area contributed by atoms with Crippen LogP contribution in [-0.4, -0.2) is 40.1 Å². The molecule has 0 aliphatic heterocycles. The van der Waals surface area contributed by atoms with Crippen LogP contribution in [0.2, 0.25) is 0 Å². The fourth-order valence-electron chi connectivity index (χ4n) is 4.43. The summed E-state index contributed by atoms with van der Waals surface area (Å²) in [5, 5.41) is 2.60. The SMILES string of the molecule is CCN(C(=O)[C@H](Cc1ccccc1)NC(=O)NS(=O)(=O)c1cccc(-c2ccco2)c1C)c1ccc(OC)cc1.[HH].[HH]. The highest BCUT2D eigenvalue weighted by molar-refractivity contribution is 7.90. The molecule has 0 fully saturated rings. The molecule has 0 saturated carbocycles. The number of methoxy groups -OCH3 is 1. The van der Waals surface area contributed by atoms with Crippen molar-refractivity contribution in [3.63, 3.8) is 0 Å². The van der Waals surface area contributed by atoms with Gasteiger partial charge >= 0.3 is 6.03 Å². The molecule has 40 heavy (non-hydrogen) atoms. The average molecular weight is 566 g/mol. The number of anilines is 1. The Morgan fingerprint density at radius 2 is 1.70 bits per heavy atom. The van der Waals surface area contributed by atoms with Crippen LogP contribution in [0, 0.1) is 6.92 Å². The molecule has 0 radical (unpaired) electrons. The van der Waals surface area contributed by atoms with Gasteiger partial charge in [0, 0.05) is 27.1 Å². The summed E-state index contributed by atoms with van der Waals surface area (Å²) in [6, 6.07) is 22.3. The molecule has 3 aromatic carbocycles. The van der Waals surface area contributed by atoms with E-state index in [4.69, 9.17) is 9.15 Å². The van der Waals surface area contributed by atoms with Crippen molar-refractivity contribution in [1.29, 1.82) is 0 Å². The van der Waals surface area contributed by atoms with E-state index >= 15 is 0 Å². The summed E-state index contributed by atoms with van der Waals surface area (Å²) in [7, 11) is -2.72. The van der Waals surface area contributed by atoms with Gasteiger partial charge < -0.3 is 19.4 Å². The minimum Gasteiger partial charge on any atom is -0.497 e. The van der Waals surface area contributed by atoms with E-state index in [0.29, 0.717) is 34.9 Å². The van der Waals surface area contributed by atoms with Gasteiger partial charge in [-0.15, -0.1) is 0 Å². The number of ether oxygens (including phenoxy) is 1. The van der Waals surface area contributed by atoms with Gasteiger partial charge in [-0.05, 0) is 67.4 Å². The molecule has 0 bridgehead atoms. The van der Waals surface area contributed by atoms with Crippen LogP contribution in [0.5, 0.6) is 5.75 Å². The van der Waals surface area contributed by atoms with Gasteiger partial charge in [-0.3, -0.25) is 4.79 Å². The maximum absolute atomic E-state index is 13.7. The first-order valence-electron chi connectivity index (χ1n) is 12.7. The van der Waals surface area contributed by atoms with E-state index in [2.05, 4.69) is 10.0 Å². The number of sulfonamides is 1. The molecule has 1 aromatic heterocycles. The van der Waals surface area contributed by atoms with Crippen molar-refractivity contribution in [2.24, 2.45) is 0 Å². The van der Waals surface area contributed by atoms with Crippen LogP contribution in [0.3, 0.4) is 0 Å². The molecule has 4 rings (SSSR count). The van der Waals surface area contributed by atoms with Crippen LogP contribution >= 0.6 is 0 Å². The Hall–Kier alpha value is -4.57. The lowest BCUT2D eigenvalue weighted by Crippen LogP contribution is -2.53. The minimum absolute atomic E-state index is 0. The van der Waals surface area contributed by atoms with E-state index in [-0.39, 0.29) is 20.1 Å². The summed E-state index contributed by atoms with van der Waals surface area (Å²) in [5.74, 6) is 0.757. The monoisotopic (exact) mass is 565 g/mol. The quantitative estimate of drug-likeness (QED) is 0.266. The summed E-state index contributed by atoms with van der Waals surface area (Å²) in [6.45, 7) is 3.79. The zero-order chi connectivity index (χ0) is 28.7. The van der Waals surface area contributed by atoms with E-state index < -0.39 is 22.1 Å². The van der Waals surface area contributed by atoms with Crippen LogP contribution in [0.4, 0.5) is 10.5 Å². The predicted octanol–water partition coefficient (Wildman–Crippen LogP) is 5.41. The molecule has 212 valence electrons. The standard InChI is InChI=1S/C30H31N3O6S.2H2/c1-4-33(23-15-17-24(38-3)18-16-23)29(34)26(20-22-10-6-5-7-11-22)31-30(35)32-40(36,37)28-14-8-12-25(21(28)2)27-13-9-19-39-27;;/h5-19,26H,4,20H2,1-3H3,(H2,31,32,35);2*1H/t26-;;/m0../s1. The van der Waals surface area contributed by atoms with Gasteiger partial charge in [0.2, 0.25) is 5.91 Å². The smallest absolute Gasteiger partial charge is 0.329 e. The Labute approximate surface area is 236 Å². The number of carbonyl (C=O) groups is 2. The molecule has 1 heterocycles. The molecule has 4 aromatic rings. The number of nitrogens with one attached hydrogen (secondary N) is 2. The second-order valence-corrected chi connectivity index (χ2v) is 10.7. The number of amides is 3. The zero-order valence-electron chi connectivity index (χ0n) is 22.5. The normalized spacial score (nSPS) is 11.9. The molecule has 1 atom stereocenters. The second kappa shape index (κ2) is 12.5. The largest absolute Gasteiger partial charge is 0.497 e.